The lowest BCUT2D eigenvalue weighted by atomic mass is 10.2. The van der Waals surface area contributed by atoms with Gasteiger partial charge in [0.2, 0.25) is 0 Å². The maximum absolute atomic E-state index is 5.56. The summed E-state index contributed by atoms with van der Waals surface area (Å²) in [7, 11) is 3.84. The van der Waals surface area contributed by atoms with Gasteiger partial charge in [0, 0.05) is 39.5 Å². The SMILES string of the molecule is COCCCN(C)Cc1ccnc(CN)c1. The number of hydrogen-bond donors (Lipinski definition) is 1. The second kappa shape index (κ2) is 7.33. The van der Waals surface area contributed by atoms with Gasteiger partial charge in [0.05, 0.1) is 5.69 Å². The van der Waals surface area contributed by atoms with Crippen LogP contribution in [0.5, 0.6) is 0 Å². The van der Waals surface area contributed by atoms with Crippen LogP contribution in [0.3, 0.4) is 0 Å². The molecular weight excluding hydrogens is 202 g/mol. The van der Waals surface area contributed by atoms with Crippen LogP contribution in [0.1, 0.15) is 17.7 Å². The number of ether oxygens (including phenoxy) is 1. The van der Waals surface area contributed by atoms with Crippen LogP contribution >= 0.6 is 0 Å². The largest absolute Gasteiger partial charge is 0.385 e. The molecule has 4 heteroatoms. The summed E-state index contributed by atoms with van der Waals surface area (Å²) in [5.41, 5.74) is 7.76. The topological polar surface area (TPSA) is 51.4 Å². The Morgan fingerprint density at radius 3 is 3.00 bits per heavy atom. The molecule has 0 amide bonds. The van der Waals surface area contributed by atoms with Crippen molar-refractivity contribution in [2.75, 3.05) is 27.3 Å². The first-order valence-electron chi connectivity index (χ1n) is 5.57. The molecule has 0 unspecified atom stereocenters. The van der Waals surface area contributed by atoms with Crippen molar-refractivity contribution in [2.45, 2.75) is 19.5 Å². The molecule has 0 spiro atoms. The summed E-state index contributed by atoms with van der Waals surface area (Å²) in [6.07, 6.45) is 2.88. The van der Waals surface area contributed by atoms with Crippen LogP contribution in [0.2, 0.25) is 0 Å². The van der Waals surface area contributed by atoms with E-state index in [-0.39, 0.29) is 0 Å². The molecule has 0 aromatic carbocycles. The van der Waals surface area contributed by atoms with E-state index in [4.69, 9.17) is 10.5 Å². The molecular formula is C12H21N3O. The number of methoxy groups -OCH3 is 1. The van der Waals surface area contributed by atoms with Crippen LogP contribution in [0.4, 0.5) is 0 Å². The Kier molecular flexibility index (Phi) is 6.00. The minimum Gasteiger partial charge on any atom is -0.385 e. The van der Waals surface area contributed by atoms with Crippen molar-refractivity contribution in [3.63, 3.8) is 0 Å². The summed E-state index contributed by atoms with van der Waals surface area (Å²) in [4.78, 5) is 6.45. The molecule has 2 N–H and O–H groups in total. The van der Waals surface area contributed by atoms with E-state index in [2.05, 4.69) is 23.0 Å². The van der Waals surface area contributed by atoms with Gasteiger partial charge in [-0.25, -0.2) is 0 Å². The second-order valence-corrected chi connectivity index (χ2v) is 3.94. The van der Waals surface area contributed by atoms with Gasteiger partial charge in [0.25, 0.3) is 0 Å². The van der Waals surface area contributed by atoms with E-state index in [1.165, 1.54) is 5.56 Å². The van der Waals surface area contributed by atoms with Gasteiger partial charge >= 0.3 is 0 Å². The molecule has 16 heavy (non-hydrogen) atoms. The Morgan fingerprint density at radius 2 is 2.31 bits per heavy atom. The Labute approximate surface area is 97.4 Å². The molecule has 0 fully saturated rings. The van der Waals surface area contributed by atoms with E-state index >= 15 is 0 Å². The highest BCUT2D eigenvalue weighted by Crippen LogP contribution is 2.05. The van der Waals surface area contributed by atoms with Crippen LogP contribution in [0, 0.1) is 0 Å². The average Bonchev–Trinajstić information content (AvgIpc) is 2.29. The number of nitrogens with two attached hydrogens (primary N) is 1. The van der Waals surface area contributed by atoms with Gasteiger partial charge in [0.1, 0.15) is 0 Å². The molecule has 4 nitrogen and oxygen atoms in total. The van der Waals surface area contributed by atoms with Gasteiger partial charge in [-0.2, -0.15) is 0 Å². The Morgan fingerprint density at radius 1 is 1.50 bits per heavy atom. The zero-order valence-electron chi connectivity index (χ0n) is 10.1. The molecule has 0 aliphatic carbocycles. The van der Waals surface area contributed by atoms with Gasteiger partial charge in [-0.1, -0.05) is 0 Å². The molecule has 0 saturated heterocycles. The highest BCUT2D eigenvalue weighted by atomic mass is 16.5. The summed E-state index contributed by atoms with van der Waals surface area (Å²) in [6, 6.07) is 4.10. The van der Waals surface area contributed by atoms with E-state index < -0.39 is 0 Å². The highest BCUT2D eigenvalue weighted by Gasteiger charge is 2.01. The van der Waals surface area contributed by atoms with Crippen molar-refractivity contribution in [3.05, 3.63) is 29.6 Å². The molecule has 0 radical (unpaired) electrons. The first kappa shape index (κ1) is 13.1. The van der Waals surface area contributed by atoms with Crippen LogP contribution in [0.25, 0.3) is 0 Å². The number of hydrogen-bond acceptors (Lipinski definition) is 4. The fourth-order valence-corrected chi connectivity index (χ4v) is 1.61. The molecule has 90 valence electrons. The summed E-state index contributed by atoms with van der Waals surface area (Å²) < 4.78 is 5.03. The van der Waals surface area contributed by atoms with Gasteiger partial charge in [-0.15, -0.1) is 0 Å². The molecule has 0 bridgehead atoms. The average molecular weight is 223 g/mol. The zero-order chi connectivity index (χ0) is 11.8. The van der Waals surface area contributed by atoms with E-state index in [9.17, 15) is 0 Å². The lowest BCUT2D eigenvalue weighted by Gasteiger charge is -2.16. The summed E-state index contributed by atoms with van der Waals surface area (Å²) in [5.74, 6) is 0. The number of pyridine rings is 1. The van der Waals surface area contributed by atoms with Gasteiger partial charge < -0.3 is 15.4 Å². The van der Waals surface area contributed by atoms with E-state index in [1.54, 1.807) is 7.11 Å². The molecule has 0 aliphatic rings. The fraction of sp³-hybridized carbons (Fsp3) is 0.583. The Bertz CT molecular complexity index is 304. The van der Waals surface area contributed by atoms with Gasteiger partial charge in [-0.3, -0.25) is 4.98 Å². The minimum absolute atomic E-state index is 0.501. The monoisotopic (exact) mass is 223 g/mol. The highest BCUT2D eigenvalue weighted by molar-refractivity contribution is 5.16. The third kappa shape index (κ3) is 4.70. The number of nitrogens with zero attached hydrogens (tertiary/aromatic N) is 2. The van der Waals surface area contributed by atoms with Gasteiger partial charge in [0.15, 0.2) is 0 Å². The lowest BCUT2D eigenvalue weighted by Crippen LogP contribution is -2.20. The maximum atomic E-state index is 5.56. The molecule has 0 saturated carbocycles. The third-order valence-electron chi connectivity index (χ3n) is 2.43. The normalized spacial score (nSPS) is 11.0. The standard InChI is InChI=1S/C12H21N3O/c1-15(6-3-7-16-2)10-11-4-5-14-12(8-11)9-13/h4-5,8H,3,6-7,9-10,13H2,1-2H3. The van der Waals surface area contributed by atoms with Crippen molar-refractivity contribution < 1.29 is 4.74 Å². The minimum atomic E-state index is 0.501. The van der Waals surface area contributed by atoms with Crippen molar-refractivity contribution >= 4 is 0 Å². The van der Waals surface area contributed by atoms with Crippen LogP contribution < -0.4 is 5.73 Å². The van der Waals surface area contributed by atoms with Crippen molar-refractivity contribution in [1.29, 1.82) is 0 Å². The lowest BCUT2D eigenvalue weighted by molar-refractivity contribution is 0.178. The van der Waals surface area contributed by atoms with Crippen molar-refractivity contribution in [1.82, 2.24) is 9.88 Å². The van der Waals surface area contributed by atoms with E-state index in [0.717, 1.165) is 31.8 Å². The van der Waals surface area contributed by atoms with Crippen LogP contribution in [-0.4, -0.2) is 37.2 Å². The van der Waals surface area contributed by atoms with Crippen molar-refractivity contribution in [3.8, 4) is 0 Å². The molecule has 0 aliphatic heterocycles. The van der Waals surface area contributed by atoms with Crippen molar-refractivity contribution in [2.24, 2.45) is 5.73 Å². The van der Waals surface area contributed by atoms with E-state index in [0.29, 0.717) is 6.54 Å². The molecule has 1 heterocycles. The molecule has 1 aromatic heterocycles. The second-order valence-electron chi connectivity index (χ2n) is 3.94. The van der Waals surface area contributed by atoms with E-state index in [1.807, 2.05) is 12.3 Å². The smallest absolute Gasteiger partial charge is 0.0542 e. The fourth-order valence-electron chi connectivity index (χ4n) is 1.61. The molecule has 0 atom stereocenters. The summed E-state index contributed by atoms with van der Waals surface area (Å²) >= 11 is 0. The van der Waals surface area contributed by atoms with Crippen LogP contribution in [0.15, 0.2) is 18.3 Å². The maximum Gasteiger partial charge on any atom is 0.0542 e. The number of aromatic nitrogens is 1. The zero-order valence-corrected chi connectivity index (χ0v) is 10.1. The predicted molar refractivity (Wildman–Crippen MR) is 65.0 cm³/mol. The summed E-state index contributed by atoms with van der Waals surface area (Å²) in [5, 5.41) is 0. The summed E-state index contributed by atoms with van der Waals surface area (Å²) in [6.45, 7) is 3.28. The van der Waals surface area contributed by atoms with Gasteiger partial charge in [-0.05, 0) is 31.2 Å². The Hall–Kier alpha value is -0.970. The first-order valence-corrected chi connectivity index (χ1v) is 5.57. The molecule has 1 rings (SSSR count). The predicted octanol–water partition coefficient (Wildman–Crippen LogP) is 1.01. The number of rotatable bonds is 7. The third-order valence-corrected chi connectivity index (χ3v) is 2.43. The first-order chi connectivity index (χ1) is 7.76. The van der Waals surface area contributed by atoms with Crippen LogP contribution in [-0.2, 0) is 17.8 Å². The molecule has 1 aromatic rings. The quantitative estimate of drug-likeness (QED) is 0.701. The Balaban J connectivity index is 2.39.